The van der Waals surface area contributed by atoms with Crippen molar-refractivity contribution in [2.45, 2.75) is 12.7 Å². The Bertz CT molecular complexity index is 696. The molecule has 2 aromatic rings. The number of aromatic nitrogens is 2. The number of aryl methyl sites for hydroxylation is 1. The minimum absolute atomic E-state index is 0.320. The molecule has 0 amide bonds. The molecule has 6 nitrogen and oxygen atoms in total. The van der Waals surface area contributed by atoms with Crippen LogP contribution in [0.15, 0.2) is 42.9 Å². The van der Waals surface area contributed by atoms with E-state index < -0.39 is 12.1 Å². The highest BCUT2D eigenvalue weighted by Gasteiger charge is 2.28. The number of carboxylic acid groups (broad SMARTS) is 1. The summed E-state index contributed by atoms with van der Waals surface area (Å²) in [6, 6.07) is 10.1. The summed E-state index contributed by atoms with van der Waals surface area (Å²) < 4.78 is 40.0. The molecule has 0 saturated heterocycles. The zero-order valence-corrected chi connectivity index (χ0v) is 12.9. The highest BCUT2D eigenvalue weighted by Crippen LogP contribution is 2.11. The van der Waals surface area contributed by atoms with Crippen LogP contribution in [0, 0.1) is 0 Å². The van der Waals surface area contributed by atoms with Crippen LogP contribution >= 0.6 is 0 Å². The first kappa shape index (κ1) is 19.2. The number of hydrogen-bond acceptors (Lipinski definition) is 4. The van der Waals surface area contributed by atoms with Gasteiger partial charge in [-0.3, -0.25) is 0 Å². The van der Waals surface area contributed by atoms with E-state index in [1.165, 1.54) is 12.7 Å². The minimum atomic E-state index is -5.19. The van der Waals surface area contributed by atoms with E-state index in [9.17, 15) is 18.0 Å². The molecule has 0 spiro atoms. The topological polar surface area (TPSA) is 75.2 Å². The largest absolute Gasteiger partial charge is 0.542 e. The van der Waals surface area contributed by atoms with Gasteiger partial charge in [-0.25, -0.2) is 13.9 Å². The number of imidazole rings is 1. The third kappa shape index (κ3) is 5.75. The van der Waals surface area contributed by atoms with E-state index in [1.807, 2.05) is 36.1 Å². The number of nitrogens with zero attached hydrogens (tertiary/aromatic N) is 2. The monoisotopic (exact) mass is 344 g/mol. The summed E-state index contributed by atoms with van der Waals surface area (Å²) in [4.78, 5) is 20.2. The van der Waals surface area contributed by atoms with E-state index in [-0.39, 0.29) is 5.97 Å². The molecule has 2 rings (SSSR count). The van der Waals surface area contributed by atoms with Crippen molar-refractivity contribution >= 4 is 11.9 Å². The second kappa shape index (κ2) is 8.14. The Hall–Kier alpha value is -2.84. The summed E-state index contributed by atoms with van der Waals surface area (Å²) in [6.45, 7) is 0.742. The van der Waals surface area contributed by atoms with Gasteiger partial charge in [0.1, 0.15) is 18.7 Å². The zero-order valence-electron chi connectivity index (χ0n) is 12.9. The van der Waals surface area contributed by atoms with Gasteiger partial charge in [0.05, 0.1) is 14.2 Å². The lowest BCUT2D eigenvalue weighted by Gasteiger charge is -2.03. The Kier molecular flexibility index (Phi) is 6.51. The van der Waals surface area contributed by atoms with Crippen LogP contribution in [-0.2, 0) is 23.1 Å². The fourth-order valence-electron chi connectivity index (χ4n) is 1.75. The van der Waals surface area contributed by atoms with Gasteiger partial charge in [0.15, 0.2) is 0 Å². The van der Waals surface area contributed by atoms with E-state index >= 15 is 0 Å². The molecule has 0 radical (unpaired) electrons. The first-order chi connectivity index (χ1) is 11.1. The molecule has 1 heterocycles. The molecular weight excluding hydrogens is 329 g/mol. The van der Waals surface area contributed by atoms with Crippen LogP contribution in [-0.4, -0.2) is 29.8 Å². The van der Waals surface area contributed by atoms with Crippen molar-refractivity contribution in [1.82, 2.24) is 4.57 Å². The van der Waals surface area contributed by atoms with Crippen LogP contribution < -0.4 is 9.67 Å². The van der Waals surface area contributed by atoms with Gasteiger partial charge in [0.25, 0.3) is 5.69 Å². The molecule has 0 fully saturated rings. The van der Waals surface area contributed by atoms with Crippen molar-refractivity contribution in [2.24, 2.45) is 7.05 Å². The number of ether oxygens (including phenoxy) is 1. The van der Waals surface area contributed by atoms with Gasteiger partial charge in [-0.15, -0.1) is 0 Å². The summed E-state index contributed by atoms with van der Waals surface area (Å²) in [5, 5.41) is 8.78. The van der Waals surface area contributed by atoms with Crippen LogP contribution in [0.2, 0.25) is 0 Å². The van der Waals surface area contributed by atoms with Crippen LogP contribution in [0.4, 0.5) is 13.2 Å². The number of rotatable bonds is 3. The van der Waals surface area contributed by atoms with Gasteiger partial charge >= 0.3 is 12.1 Å². The van der Waals surface area contributed by atoms with Crippen molar-refractivity contribution in [3.8, 4) is 0 Å². The molecule has 0 atom stereocenters. The Morgan fingerprint density at radius 2 is 1.79 bits per heavy atom. The van der Waals surface area contributed by atoms with Gasteiger partial charge in [-0.2, -0.15) is 13.2 Å². The van der Waals surface area contributed by atoms with Gasteiger partial charge in [0.2, 0.25) is 6.33 Å². The Balaban J connectivity index is 0.000000351. The van der Waals surface area contributed by atoms with E-state index in [2.05, 4.69) is 12.1 Å². The lowest BCUT2D eigenvalue weighted by atomic mass is 10.2. The van der Waals surface area contributed by atoms with Crippen LogP contribution in [0.5, 0.6) is 0 Å². The smallest absolute Gasteiger partial charge is 0.430 e. The summed E-state index contributed by atoms with van der Waals surface area (Å²) in [6.07, 6.45) is -1.53. The maximum absolute atomic E-state index is 11.4. The Morgan fingerprint density at radius 1 is 1.25 bits per heavy atom. The van der Waals surface area contributed by atoms with Crippen LogP contribution in [0.3, 0.4) is 0 Å². The summed E-state index contributed by atoms with van der Waals surface area (Å²) in [7, 11) is 3.21. The standard InChI is InChI=1S/C13H15N2O2.C2HF3O2/c1-14-10-15(9-12(14)13(16)17-2)8-11-6-4-3-5-7-11;3-2(4,5)1(6)7/h3-7,9-10H,8H2,1-2H3;(H,6,7)/q+1;/p-1. The van der Waals surface area contributed by atoms with E-state index in [0.29, 0.717) is 5.69 Å². The van der Waals surface area contributed by atoms with E-state index in [1.54, 1.807) is 10.8 Å². The summed E-state index contributed by atoms with van der Waals surface area (Å²) >= 11 is 0. The molecule has 9 heteroatoms. The minimum Gasteiger partial charge on any atom is -0.542 e. The predicted molar refractivity (Wildman–Crippen MR) is 73.6 cm³/mol. The summed E-state index contributed by atoms with van der Waals surface area (Å²) in [5.41, 5.74) is 1.74. The Morgan fingerprint density at radius 3 is 2.25 bits per heavy atom. The predicted octanol–water partition coefficient (Wildman–Crippen LogP) is 0.446. The second-order valence-electron chi connectivity index (χ2n) is 4.68. The molecule has 0 aliphatic rings. The molecule has 130 valence electrons. The van der Waals surface area contributed by atoms with Crippen molar-refractivity contribution < 1.29 is 37.2 Å². The number of carbonyl (C=O) groups excluding carboxylic acids is 2. The molecule has 0 aliphatic heterocycles. The molecular formula is C15H15F3N2O4. The highest BCUT2D eigenvalue weighted by molar-refractivity contribution is 5.86. The number of halogens is 3. The van der Waals surface area contributed by atoms with Gasteiger partial charge in [-0.1, -0.05) is 30.3 Å². The third-order valence-electron chi connectivity index (χ3n) is 2.82. The molecule has 0 bridgehead atoms. The number of hydrogen-bond donors (Lipinski definition) is 0. The summed E-state index contributed by atoms with van der Waals surface area (Å²) in [5.74, 6) is -3.33. The fraction of sp³-hybridized carbons (Fsp3) is 0.267. The SMILES string of the molecule is COC(=O)c1c[n+](Cc2ccccc2)cn1C.O=C([O-])C(F)(F)F. The number of aliphatic carboxylic acids is 1. The van der Waals surface area contributed by atoms with E-state index in [0.717, 1.165) is 6.54 Å². The number of esters is 1. The quantitative estimate of drug-likeness (QED) is 0.598. The Labute approximate surface area is 135 Å². The highest BCUT2D eigenvalue weighted by atomic mass is 19.4. The van der Waals surface area contributed by atoms with Crippen molar-refractivity contribution in [3.05, 3.63) is 54.1 Å². The average molecular weight is 344 g/mol. The molecule has 24 heavy (non-hydrogen) atoms. The zero-order chi connectivity index (χ0) is 18.3. The lowest BCUT2D eigenvalue weighted by Crippen LogP contribution is -2.37. The lowest BCUT2D eigenvalue weighted by molar-refractivity contribution is -0.687. The van der Waals surface area contributed by atoms with Gasteiger partial charge < -0.3 is 14.6 Å². The molecule has 0 saturated carbocycles. The van der Waals surface area contributed by atoms with Crippen LogP contribution in [0.25, 0.3) is 0 Å². The molecule has 0 aliphatic carbocycles. The van der Waals surface area contributed by atoms with Crippen LogP contribution in [0.1, 0.15) is 16.1 Å². The molecule has 0 N–H and O–H groups in total. The maximum Gasteiger partial charge on any atom is 0.430 e. The first-order valence-corrected chi connectivity index (χ1v) is 6.61. The molecule has 0 unspecified atom stereocenters. The van der Waals surface area contributed by atoms with Gasteiger partial charge in [-0.05, 0) is 5.56 Å². The number of carbonyl (C=O) groups is 2. The number of benzene rings is 1. The number of methoxy groups -OCH3 is 1. The van der Waals surface area contributed by atoms with E-state index in [4.69, 9.17) is 14.6 Å². The number of carboxylic acids is 1. The van der Waals surface area contributed by atoms with Crippen molar-refractivity contribution in [1.29, 1.82) is 0 Å². The average Bonchev–Trinajstić information content (AvgIpc) is 2.87. The molecule has 1 aromatic carbocycles. The first-order valence-electron chi connectivity index (χ1n) is 6.61. The fourth-order valence-corrected chi connectivity index (χ4v) is 1.75. The normalized spacial score (nSPS) is 10.5. The van der Waals surface area contributed by atoms with Crippen molar-refractivity contribution in [2.75, 3.05) is 7.11 Å². The second-order valence-corrected chi connectivity index (χ2v) is 4.68. The molecule has 1 aromatic heterocycles. The maximum atomic E-state index is 11.4. The van der Waals surface area contributed by atoms with Gasteiger partial charge in [0, 0.05) is 0 Å². The van der Waals surface area contributed by atoms with Crippen molar-refractivity contribution in [3.63, 3.8) is 0 Å². The third-order valence-corrected chi connectivity index (χ3v) is 2.82. The number of alkyl halides is 3.